The average Bonchev–Trinajstić information content (AvgIpc) is 2.19. The first kappa shape index (κ1) is 11.1. The van der Waals surface area contributed by atoms with Crippen LogP contribution in [0, 0.1) is 5.82 Å². The molecule has 0 bridgehead atoms. The summed E-state index contributed by atoms with van der Waals surface area (Å²) in [4.78, 5) is 11.6. The van der Waals surface area contributed by atoms with E-state index < -0.39 is 11.9 Å². The van der Waals surface area contributed by atoms with E-state index in [4.69, 9.17) is 17.3 Å². The number of benzene rings is 1. The Kier molecular flexibility index (Phi) is 3.61. The van der Waals surface area contributed by atoms with Crippen LogP contribution >= 0.6 is 11.6 Å². The van der Waals surface area contributed by atoms with Crippen molar-refractivity contribution >= 4 is 17.4 Å². The van der Waals surface area contributed by atoms with Crippen molar-refractivity contribution in [1.29, 1.82) is 0 Å². The number of hydrogen-bond acceptors (Lipinski definition) is 2. The molecule has 2 N–H and O–H groups in total. The first-order valence-electron chi connectivity index (χ1n) is 4.31. The van der Waals surface area contributed by atoms with Gasteiger partial charge in [0.1, 0.15) is 5.82 Å². The molecule has 1 aromatic rings. The van der Waals surface area contributed by atoms with Gasteiger partial charge in [-0.2, -0.15) is 0 Å². The molecule has 76 valence electrons. The molecule has 1 rings (SSSR count). The van der Waals surface area contributed by atoms with Gasteiger partial charge in [-0.05, 0) is 24.6 Å². The van der Waals surface area contributed by atoms with Crippen molar-refractivity contribution < 1.29 is 9.18 Å². The predicted molar refractivity (Wildman–Crippen MR) is 54.0 cm³/mol. The van der Waals surface area contributed by atoms with Gasteiger partial charge in [0.25, 0.3) is 0 Å². The molecule has 14 heavy (non-hydrogen) atoms. The fourth-order valence-corrected chi connectivity index (χ4v) is 1.28. The van der Waals surface area contributed by atoms with Crippen molar-refractivity contribution in [1.82, 2.24) is 0 Å². The van der Waals surface area contributed by atoms with Gasteiger partial charge in [-0.25, -0.2) is 4.39 Å². The summed E-state index contributed by atoms with van der Waals surface area (Å²) in [6.45, 7) is 1.79. The number of carbonyl (C=O) groups excluding carboxylic acids is 1. The minimum atomic E-state index is -0.616. The van der Waals surface area contributed by atoms with E-state index in [-0.39, 0.29) is 16.4 Å². The number of hydrogen-bond donors (Lipinski definition) is 1. The highest BCUT2D eigenvalue weighted by Gasteiger charge is 2.17. The molecule has 0 saturated carbocycles. The smallest absolute Gasteiger partial charge is 0.181 e. The molecule has 2 nitrogen and oxygen atoms in total. The third-order valence-corrected chi connectivity index (χ3v) is 2.30. The van der Waals surface area contributed by atoms with Crippen LogP contribution < -0.4 is 5.73 Å². The van der Waals surface area contributed by atoms with Crippen LogP contribution in [-0.4, -0.2) is 11.8 Å². The van der Waals surface area contributed by atoms with E-state index in [9.17, 15) is 9.18 Å². The Bertz CT molecular complexity index is 354. The second-order valence-corrected chi connectivity index (χ2v) is 3.41. The third kappa shape index (κ3) is 2.30. The highest BCUT2D eigenvalue weighted by atomic mass is 35.5. The van der Waals surface area contributed by atoms with Crippen LogP contribution in [0.3, 0.4) is 0 Å². The van der Waals surface area contributed by atoms with Crippen LogP contribution in [0.1, 0.15) is 23.7 Å². The molecular formula is C10H11ClFNO. The van der Waals surface area contributed by atoms with E-state index >= 15 is 0 Å². The van der Waals surface area contributed by atoms with Gasteiger partial charge in [0.05, 0.1) is 11.1 Å². The van der Waals surface area contributed by atoms with Crippen molar-refractivity contribution in [2.75, 3.05) is 0 Å². The van der Waals surface area contributed by atoms with Gasteiger partial charge in [-0.15, -0.1) is 0 Å². The zero-order chi connectivity index (χ0) is 10.7. The van der Waals surface area contributed by atoms with Gasteiger partial charge >= 0.3 is 0 Å². The molecule has 0 heterocycles. The summed E-state index contributed by atoms with van der Waals surface area (Å²) in [5.41, 5.74) is 5.69. The topological polar surface area (TPSA) is 43.1 Å². The molecule has 0 spiro atoms. The van der Waals surface area contributed by atoms with Crippen molar-refractivity contribution in [2.24, 2.45) is 5.73 Å². The molecule has 0 saturated heterocycles. The Balaban J connectivity index is 3.06. The Morgan fingerprint density at radius 3 is 2.86 bits per heavy atom. The maximum Gasteiger partial charge on any atom is 0.181 e. The summed E-state index contributed by atoms with van der Waals surface area (Å²) in [5.74, 6) is -0.807. The summed E-state index contributed by atoms with van der Waals surface area (Å²) in [6.07, 6.45) is 0.506. The van der Waals surface area contributed by atoms with Crippen molar-refractivity contribution in [3.8, 4) is 0 Å². The van der Waals surface area contributed by atoms with E-state index in [1.807, 2.05) is 0 Å². The van der Waals surface area contributed by atoms with E-state index in [0.717, 1.165) is 6.07 Å². The first-order valence-corrected chi connectivity index (χ1v) is 4.69. The second kappa shape index (κ2) is 4.53. The van der Waals surface area contributed by atoms with Gasteiger partial charge in [0.2, 0.25) is 0 Å². The summed E-state index contributed by atoms with van der Waals surface area (Å²) in [7, 11) is 0. The number of carbonyl (C=O) groups is 1. The predicted octanol–water partition coefficient (Wildman–Crippen LogP) is 2.40. The molecule has 1 unspecified atom stereocenters. The molecule has 0 fully saturated rings. The van der Waals surface area contributed by atoms with Crippen LogP contribution in [0.2, 0.25) is 5.02 Å². The molecule has 1 aromatic carbocycles. The Hall–Kier alpha value is -0.930. The van der Waals surface area contributed by atoms with Crippen LogP contribution in [0.4, 0.5) is 4.39 Å². The van der Waals surface area contributed by atoms with E-state index in [0.29, 0.717) is 6.42 Å². The fourth-order valence-electron chi connectivity index (χ4n) is 1.07. The molecule has 0 radical (unpaired) electrons. The summed E-state index contributed by atoms with van der Waals surface area (Å²) in [6, 6.07) is 3.05. The molecule has 1 atom stereocenters. The molecule has 4 heteroatoms. The average molecular weight is 216 g/mol. The third-order valence-electron chi connectivity index (χ3n) is 1.97. The second-order valence-electron chi connectivity index (χ2n) is 3.00. The van der Waals surface area contributed by atoms with Gasteiger partial charge < -0.3 is 5.73 Å². The van der Waals surface area contributed by atoms with Crippen molar-refractivity contribution in [3.05, 3.63) is 34.6 Å². The largest absolute Gasteiger partial charge is 0.321 e. The Labute approximate surface area is 86.9 Å². The van der Waals surface area contributed by atoms with Gasteiger partial charge in [0, 0.05) is 5.56 Å². The summed E-state index contributed by atoms with van der Waals surface area (Å²) < 4.78 is 12.8. The van der Waals surface area contributed by atoms with Gasteiger partial charge in [-0.1, -0.05) is 18.5 Å². The number of ketones is 1. The fraction of sp³-hybridized carbons (Fsp3) is 0.300. The van der Waals surface area contributed by atoms with Crippen molar-refractivity contribution in [3.63, 3.8) is 0 Å². The number of halogens is 2. The van der Waals surface area contributed by atoms with Crippen LogP contribution in [0.5, 0.6) is 0 Å². The lowest BCUT2D eigenvalue weighted by Crippen LogP contribution is -2.29. The summed E-state index contributed by atoms with van der Waals surface area (Å²) in [5, 5.41) is 0.236. The minimum absolute atomic E-state index is 0.154. The van der Waals surface area contributed by atoms with E-state index in [1.54, 1.807) is 6.92 Å². The summed E-state index contributed by atoms with van der Waals surface area (Å²) >= 11 is 5.75. The quantitative estimate of drug-likeness (QED) is 0.787. The molecule has 0 aliphatic heterocycles. The molecule has 0 aromatic heterocycles. The zero-order valence-electron chi connectivity index (χ0n) is 7.76. The Morgan fingerprint density at radius 2 is 2.29 bits per heavy atom. The van der Waals surface area contributed by atoms with Crippen molar-refractivity contribution in [2.45, 2.75) is 19.4 Å². The number of nitrogens with two attached hydrogens (primary N) is 1. The van der Waals surface area contributed by atoms with Crippen LogP contribution in [0.15, 0.2) is 18.2 Å². The van der Waals surface area contributed by atoms with Crippen LogP contribution in [-0.2, 0) is 0 Å². The van der Waals surface area contributed by atoms with E-state index in [1.165, 1.54) is 12.1 Å². The monoisotopic (exact) mass is 215 g/mol. The lowest BCUT2D eigenvalue weighted by Gasteiger charge is -2.08. The van der Waals surface area contributed by atoms with Gasteiger partial charge in [-0.3, -0.25) is 4.79 Å². The first-order chi connectivity index (χ1) is 6.56. The zero-order valence-corrected chi connectivity index (χ0v) is 8.51. The van der Waals surface area contributed by atoms with Gasteiger partial charge in [0.15, 0.2) is 5.78 Å². The standard InChI is InChI=1S/C10H11ClFNO/c1-2-9(13)10(14)7-5-6(12)3-4-8(7)11/h3-5,9H,2,13H2,1H3. The highest BCUT2D eigenvalue weighted by Crippen LogP contribution is 2.18. The maximum atomic E-state index is 12.8. The van der Waals surface area contributed by atoms with E-state index in [2.05, 4.69) is 0 Å². The number of Topliss-reactive ketones (excluding diaryl/α,β-unsaturated/α-hetero) is 1. The molecular weight excluding hydrogens is 205 g/mol. The normalized spacial score (nSPS) is 12.6. The lowest BCUT2D eigenvalue weighted by molar-refractivity contribution is 0.0959. The lowest BCUT2D eigenvalue weighted by atomic mass is 10.0. The SMILES string of the molecule is CCC(N)C(=O)c1cc(F)ccc1Cl. The Morgan fingerprint density at radius 1 is 1.64 bits per heavy atom. The maximum absolute atomic E-state index is 12.8. The molecule has 0 aliphatic rings. The molecule has 0 aliphatic carbocycles. The molecule has 0 amide bonds. The number of rotatable bonds is 3. The minimum Gasteiger partial charge on any atom is -0.321 e. The highest BCUT2D eigenvalue weighted by molar-refractivity contribution is 6.34. The van der Waals surface area contributed by atoms with Crippen LogP contribution in [0.25, 0.3) is 0 Å².